The van der Waals surface area contributed by atoms with Crippen LogP contribution in [0, 0.1) is 5.41 Å². The first kappa shape index (κ1) is 18.2. The van der Waals surface area contributed by atoms with E-state index in [4.69, 9.17) is 5.41 Å². The second-order valence-corrected chi connectivity index (χ2v) is 7.53. The monoisotopic (exact) mass is 320 g/mol. The molecule has 0 aliphatic carbocycles. The van der Waals surface area contributed by atoms with E-state index in [2.05, 4.69) is 95.0 Å². The van der Waals surface area contributed by atoms with Crippen molar-refractivity contribution in [1.82, 2.24) is 0 Å². The topological polar surface area (TPSA) is 36.2 Å². The van der Waals surface area contributed by atoms with Gasteiger partial charge in [-0.05, 0) is 34.1 Å². The maximum absolute atomic E-state index is 7.31. The van der Waals surface area contributed by atoms with E-state index in [9.17, 15) is 0 Å². The molecule has 0 aliphatic heterocycles. The summed E-state index contributed by atoms with van der Waals surface area (Å²) < 4.78 is 0. The van der Waals surface area contributed by atoms with Crippen LogP contribution >= 0.6 is 0 Å². The molecule has 2 aromatic carbocycles. The Hall–Kier alpha value is -2.18. The zero-order valence-corrected chi connectivity index (χ0v) is 15.6. The van der Waals surface area contributed by atoms with Crippen LogP contribution < -0.4 is 0 Å². The molecule has 0 saturated heterocycles. The van der Waals surface area contributed by atoms with E-state index in [1.54, 1.807) is 0 Å². The van der Waals surface area contributed by atoms with Gasteiger partial charge in [0.1, 0.15) is 0 Å². The summed E-state index contributed by atoms with van der Waals surface area (Å²) in [5, 5.41) is 7.31. The fraction of sp³-hybridized carbons (Fsp3) is 0.409. The van der Waals surface area contributed by atoms with Crippen LogP contribution in [0.25, 0.3) is 0 Å². The second-order valence-electron chi connectivity index (χ2n) is 7.53. The first-order chi connectivity index (χ1) is 11.3. The van der Waals surface area contributed by atoms with E-state index in [1.807, 2.05) is 0 Å². The summed E-state index contributed by atoms with van der Waals surface area (Å²) in [6.45, 7) is 13.3. The Morgan fingerprint density at radius 3 is 1.79 bits per heavy atom. The number of benzene rings is 2. The third kappa shape index (κ3) is 3.49. The van der Waals surface area contributed by atoms with Crippen molar-refractivity contribution in [2.45, 2.75) is 58.8 Å². The minimum atomic E-state index is -0.0819. The van der Waals surface area contributed by atoms with Gasteiger partial charge in [-0.1, -0.05) is 84.0 Å². The number of hydrogen-bond acceptors (Lipinski definition) is 2. The molecule has 0 bridgehead atoms. The van der Waals surface area contributed by atoms with Crippen LogP contribution in [0.2, 0.25) is 0 Å². The zero-order chi connectivity index (χ0) is 17.9. The lowest BCUT2D eigenvalue weighted by atomic mass is 9.75. The Bertz CT molecular complexity index is 720. The number of nitrogens with zero attached hydrogens (tertiary/aromatic N) is 1. The van der Waals surface area contributed by atoms with Crippen LogP contribution in [0.3, 0.4) is 0 Å². The van der Waals surface area contributed by atoms with Gasteiger partial charge in [-0.15, -0.1) is 0 Å². The molecule has 0 spiro atoms. The highest BCUT2D eigenvalue weighted by Crippen LogP contribution is 2.40. The van der Waals surface area contributed by atoms with Crippen LogP contribution in [0.5, 0.6) is 0 Å². The van der Waals surface area contributed by atoms with Gasteiger partial charge in [0.05, 0.1) is 11.7 Å². The van der Waals surface area contributed by atoms with E-state index in [0.717, 1.165) is 5.69 Å². The molecule has 0 aromatic heterocycles. The predicted molar refractivity (Wildman–Crippen MR) is 103 cm³/mol. The molecule has 0 aliphatic rings. The summed E-state index contributed by atoms with van der Waals surface area (Å²) in [6.07, 6.45) is 0. The third-order valence-electron chi connectivity index (χ3n) is 4.80. The minimum absolute atomic E-state index is 0.0819. The molecule has 2 nitrogen and oxygen atoms in total. The number of hydrogen-bond donors (Lipinski definition) is 1. The molecule has 2 heteroatoms. The number of nitrogens with one attached hydrogen (secondary N) is 1. The van der Waals surface area contributed by atoms with Gasteiger partial charge in [0.25, 0.3) is 0 Å². The maximum Gasteiger partial charge on any atom is 0.0918 e. The van der Waals surface area contributed by atoms with E-state index in [0.29, 0.717) is 11.8 Å². The van der Waals surface area contributed by atoms with E-state index in [-0.39, 0.29) is 5.41 Å². The molecular weight excluding hydrogens is 292 g/mol. The highest BCUT2D eigenvalue weighted by Gasteiger charge is 2.26. The summed E-state index contributed by atoms with van der Waals surface area (Å²) >= 11 is 0. The summed E-state index contributed by atoms with van der Waals surface area (Å²) in [6, 6.07) is 17.4. The molecule has 0 atom stereocenters. The molecule has 1 N–H and O–H groups in total. The lowest BCUT2D eigenvalue weighted by molar-refractivity contribution is 0.635. The van der Waals surface area contributed by atoms with E-state index >= 15 is 0 Å². The van der Waals surface area contributed by atoms with Gasteiger partial charge in [-0.2, -0.15) is 4.99 Å². The summed E-state index contributed by atoms with van der Waals surface area (Å²) in [4.78, 5) is 4.26. The first-order valence-corrected chi connectivity index (χ1v) is 8.65. The van der Waals surface area contributed by atoms with Crippen LogP contribution in [-0.2, 0) is 5.41 Å². The normalized spacial score (nSPS) is 11.7. The third-order valence-corrected chi connectivity index (χ3v) is 4.80. The molecule has 126 valence electrons. The largest absolute Gasteiger partial charge is 0.241 e. The molecule has 0 heterocycles. The average Bonchev–Trinajstić information content (AvgIpc) is 2.55. The molecule has 0 saturated carbocycles. The van der Waals surface area contributed by atoms with E-state index < -0.39 is 0 Å². The summed E-state index contributed by atoms with van der Waals surface area (Å²) in [5.74, 6) is 0.697. The van der Waals surface area contributed by atoms with Crippen molar-refractivity contribution in [3.63, 3.8) is 0 Å². The molecular formula is C22H28N2. The number of rotatable bonds is 5. The highest BCUT2D eigenvalue weighted by molar-refractivity contribution is 5.63. The van der Waals surface area contributed by atoms with Gasteiger partial charge < -0.3 is 0 Å². The average molecular weight is 320 g/mol. The minimum Gasteiger partial charge on any atom is -0.241 e. The van der Waals surface area contributed by atoms with Crippen LogP contribution in [0.1, 0.15) is 75.6 Å². The Kier molecular flexibility index (Phi) is 5.41. The highest BCUT2D eigenvalue weighted by atomic mass is 14.7. The van der Waals surface area contributed by atoms with Crippen molar-refractivity contribution in [2.24, 2.45) is 4.99 Å². The van der Waals surface area contributed by atoms with Gasteiger partial charge in [-0.3, -0.25) is 0 Å². The summed E-state index contributed by atoms with van der Waals surface area (Å²) in [7, 11) is 0. The predicted octanol–water partition coefficient (Wildman–Crippen LogP) is 6.64. The van der Waals surface area contributed by atoms with Gasteiger partial charge in [0.15, 0.2) is 0 Å². The van der Waals surface area contributed by atoms with Gasteiger partial charge in [-0.25, -0.2) is 5.41 Å². The molecule has 0 amide bonds. The standard InChI is InChI=1S/C22H28N2/c1-15(2)19-12-18(13-20(16(3)4)21(19)24-14-23)22(5,6)17-10-8-7-9-11-17/h7-13,15-16,23H,1-6H3. The van der Waals surface area contributed by atoms with Crippen molar-refractivity contribution in [3.05, 3.63) is 64.7 Å². The molecule has 0 fully saturated rings. The van der Waals surface area contributed by atoms with Crippen molar-refractivity contribution in [2.75, 3.05) is 0 Å². The fourth-order valence-corrected chi connectivity index (χ4v) is 3.13. The molecule has 0 unspecified atom stereocenters. The zero-order valence-electron chi connectivity index (χ0n) is 15.6. The van der Waals surface area contributed by atoms with Crippen molar-refractivity contribution >= 4 is 11.7 Å². The lowest BCUT2D eigenvalue weighted by Crippen LogP contribution is -2.20. The Morgan fingerprint density at radius 2 is 1.38 bits per heavy atom. The Balaban J connectivity index is 2.74. The van der Waals surface area contributed by atoms with Gasteiger partial charge >= 0.3 is 0 Å². The van der Waals surface area contributed by atoms with Crippen molar-refractivity contribution in [3.8, 4) is 0 Å². The SMILES string of the molecule is CC(C)c1cc(C(C)(C)c2ccccc2)cc(C(C)C)c1N=C=N. The van der Waals surface area contributed by atoms with E-state index in [1.165, 1.54) is 22.3 Å². The molecule has 2 rings (SSSR count). The fourth-order valence-electron chi connectivity index (χ4n) is 3.13. The maximum atomic E-state index is 7.31. The lowest BCUT2D eigenvalue weighted by Gasteiger charge is -2.29. The number of aliphatic imine (C=N–C) groups is 1. The smallest absolute Gasteiger partial charge is 0.0918 e. The molecule has 2 aromatic rings. The Morgan fingerprint density at radius 1 is 0.875 bits per heavy atom. The second kappa shape index (κ2) is 7.15. The van der Waals surface area contributed by atoms with Crippen molar-refractivity contribution in [1.29, 1.82) is 5.41 Å². The quantitative estimate of drug-likeness (QED) is 0.599. The van der Waals surface area contributed by atoms with Gasteiger partial charge in [0.2, 0.25) is 0 Å². The van der Waals surface area contributed by atoms with Gasteiger partial charge in [0, 0.05) is 5.41 Å². The van der Waals surface area contributed by atoms with Crippen LogP contribution in [0.4, 0.5) is 5.69 Å². The molecule has 24 heavy (non-hydrogen) atoms. The first-order valence-electron chi connectivity index (χ1n) is 8.65. The molecule has 0 radical (unpaired) electrons. The summed E-state index contributed by atoms with van der Waals surface area (Å²) in [5.41, 5.74) is 5.83. The van der Waals surface area contributed by atoms with Crippen molar-refractivity contribution < 1.29 is 0 Å². The van der Waals surface area contributed by atoms with Crippen LogP contribution in [-0.4, -0.2) is 6.01 Å². The Labute approximate surface area is 146 Å². The van der Waals surface area contributed by atoms with Crippen LogP contribution in [0.15, 0.2) is 47.5 Å².